The van der Waals surface area contributed by atoms with Crippen molar-refractivity contribution >= 4 is 39.0 Å². The van der Waals surface area contributed by atoms with E-state index < -0.39 is 5.82 Å². The van der Waals surface area contributed by atoms with Gasteiger partial charge < -0.3 is 29.7 Å². The van der Waals surface area contributed by atoms with Gasteiger partial charge in [-0.25, -0.2) is 14.4 Å². The van der Waals surface area contributed by atoms with Gasteiger partial charge in [0.05, 0.1) is 42.4 Å². The lowest BCUT2D eigenvalue weighted by Crippen LogP contribution is -2.26. The highest BCUT2D eigenvalue weighted by Crippen LogP contribution is 2.36. The van der Waals surface area contributed by atoms with E-state index in [0.29, 0.717) is 59.9 Å². The number of hydrogen-bond donors (Lipinski definition) is 2. The highest BCUT2D eigenvalue weighted by atomic mass is 32.1. The average molecular weight is 504 g/mol. The number of aromatic nitrogens is 2. The number of fused-ring (bicyclic) bond motifs is 1. The fourth-order valence-electron chi connectivity index (χ4n) is 3.73. The second kappa shape index (κ2) is 11.7. The van der Waals surface area contributed by atoms with Gasteiger partial charge in [0.25, 0.3) is 5.91 Å². The van der Waals surface area contributed by atoms with E-state index in [-0.39, 0.29) is 12.0 Å². The summed E-state index contributed by atoms with van der Waals surface area (Å²) < 4.78 is 31.1. The summed E-state index contributed by atoms with van der Waals surface area (Å²) in [5.41, 5.74) is 1.32. The summed E-state index contributed by atoms with van der Waals surface area (Å²) in [6.07, 6.45) is 1.94. The molecule has 188 valence electrons. The van der Waals surface area contributed by atoms with Gasteiger partial charge in [-0.05, 0) is 51.7 Å². The van der Waals surface area contributed by atoms with Crippen molar-refractivity contribution in [1.82, 2.24) is 20.2 Å². The van der Waals surface area contributed by atoms with Crippen LogP contribution < -0.4 is 15.4 Å². The number of anilines is 2. The number of amides is 1. The van der Waals surface area contributed by atoms with Crippen molar-refractivity contribution in [2.75, 3.05) is 58.9 Å². The minimum atomic E-state index is -0.422. The van der Waals surface area contributed by atoms with Crippen molar-refractivity contribution in [2.45, 2.75) is 19.4 Å². The highest BCUT2D eigenvalue weighted by molar-refractivity contribution is 7.20. The minimum Gasteiger partial charge on any atom is -0.483 e. The molecule has 9 nitrogen and oxygen atoms in total. The Balaban J connectivity index is 1.56. The monoisotopic (exact) mass is 503 g/mol. The number of nitrogens with zero attached hydrogens (tertiary/aromatic N) is 3. The lowest BCUT2D eigenvalue weighted by molar-refractivity contribution is 0.0601. The third kappa shape index (κ3) is 6.43. The molecule has 1 fully saturated rings. The molecule has 2 aromatic heterocycles. The van der Waals surface area contributed by atoms with Crippen LogP contribution >= 0.6 is 11.3 Å². The van der Waals surface area contributed by atoms with Crippen LogP contribution in [0, 0.1) is 12.7 Å². The first kappa shape index (κ1) is 25.2. The quantitative estimate of drug-likeness (QED) is 0.429. The van der Waals surface area contributed by atoms with E-state index in [1.165, 1.54) is 29.8 Å². The molecule has 1 aliphatic heterocycles. The van der Waals surface area contributed by atoms with Crippen LogP contribution in [0.3, 0.4) is 0 Å². The second-order valence-corrected chi connectivity index (χ2v) is 9.53. The maximum Gasteiger partial charge on any atom is 0.261 e. The Hall–Kier alpha value is -2.86. The summed E-state index contributed by atoms with van der Waals surface area (Å²) in [4.78, 5) is 25.0. The molecule has 0 unspecified atom stereocenters. The van der Waals surface area contributed by atoms with Crippen LogP contribution in [0.25, 0.3) is 10.2 Å². The molecule has 0 aliphatic carbocycles. The number of aryl methyl sites for hydroxylation is 1. The number of ether oxygens (including phenoxy) is 3. The van der Waals surface area contributed by atoms with Crippen LogP contribution in [0.1, 0.15) is 21.7 Å². The van der Waals surface area contributed by atoms with E-state index >= 15 is 0 Å². The van der Waals surface area contributed by atoms with Crippen molar-refractivity contribution in [3.05, 3.63) is 40.8 Å². The number of thiophene rings is 1. The molecule has 1 aliphatic rings. The summed E-state index contributed by atoms with van der Waals surface area (Å²) in [5, 5.41) is 6.98. The van der Waals surface area contributed by atoms with Gasteiger partial charge in [-0.3, -0.25) is 4.79 Å². The summed E-state index contributed by atoms with van der Waals surface area (Å²) in [5.74, 6) is 0.283. The topological polar surface area (TPSA) is 97.8 Å². The van der Waals surface area contributed by atoms with Gasteiger partial charge in [0.1, 0.15) is 34.6 Å². The molecule has 0 radical (unpaired) electrons. The number of benzene rings is 1. The molecule has 0 bridgehead atoms. The van der Waals surface area contributed by atoms with Crippen LogP contribution in [-0.4, -0.2) is 80.5 Å². The minimum absolute atomic E-state index is 0.130. The zero-order valence-corrected chi connectivity index (χ0v) is 20.9. The van der Waals surface area contributed by atoms with Crippen LogP contribution in [0.2, 0.25) is 0 Å². The number of nitrogens with one attached hydrogen (secondary N) is 2. The third-order valence-corrected chi connectivity index (χ3v) is 6.67. The van der Waals surface area contributed by atoms with Gasteiger partial charge in [0.15, 0.2) is 0 Å². The number of carbonyl (C=O) groups excluding carboxylic acids is 1. The molecule has 1 saturated heterocycles. The smallest absolute Gasteiger partial charge is 0.261 e. The lowest BCUT2D eigenvalue weighted by Gasteiger charge is -2.19. The molecule has 0 saturated carbocycles. The Kier molecular flexibility index (Phi) is 8.45. The number of carbonyl (C=O) groups is 1. The molecular weight excluding hydrogens is 473 g/mol. The maximum absolute atomic E-state index is 14.1. The van der Waals surface area contributed by atoms with E-state index in [0.717, 1.165) is 23.9 Å². The molecule has 11 heteroatoms. The Morgan fingerprint density at radius 1 is 1.26 bits per heavy atom. The molecule has 35 heavy (non-hydrogen) atoms. The molecule has 0 atom stereocenters. The van der Waals surface area contributed by atoms with Gasteiger partial charge in [-0.2, -0.15) is 0 Å². The first-order chi connectivity index (χ1) is 16.9. The summed E-state index contributed by atoms with van der Waals surface area (Å²) in [6, 6.07) is 4.26. The van der Waals surface area contributed by atoms with Crippen LogP contribution in [0.15, 0.2) is 24.5 Å². The fraction of sp³-hybridized carbons (Fsp3) is 0.458. The van der Waals surface area contributed by atoms with E-state index in [4.69, 9.17) is 14.2 Å². The standard InChI is InChI=1S/C24H30FN5O4S/c1-15-20-22(27-14-28-24(20)35-21(15)23(31)26-7-4-8-30(2)3)29-18-6-5-16(25)11-19(18)34-17-12-32-9-10-33-13-17/h5-6,11,14,17H,4,7-10,12-13H2,1-3H3,(H,26,31)(H,27,28,29). The number of hydrogen-bond acceptors (Lipinski definition) is 9. The van der Waals surface area contributed by atoms with E-state index in [1.807, 2.05) is 21.0 Å². The Morgan fingerprint density at radius 2 is 2.03 bits per heavy atom. The van der Waals surface area contributed by atoms with Crippen molar-refractivity contribution in [3.8, 4) is 5.75 Å². The predicted molar refractivity (Wildman–Crippen MR) is 133 cm³/mol. The van der Waals surface area contributed by atoms with Gasteiger partial charge in [-0.1, -0.05) is 0 Å². The third-order valence-electron chi connectivity index (χ3n) is 5.47. The predicted octanol–water partition coefficient (Wildman–Crippen LogP) is 3.36. The normalized spacial score (nSPS) is 14.8. The maximum atomic E-state index is 14.1. The zero-order valence-electron chi connectivity index (χ0n) is 20.1. The summed E-state index contributed by atoms with van der Waals surface area (Å²) in [6.45, 7) is 5.06. The summed E-state index contributed by atoms with van der Waals surface area (Å²) in [7, 11) is 4.00. The number of halogens is 1. The Bertz CT molecular complexity index is 1160. The second-order valence-electron chi connectivity index (χ2n) is 8.53. The Labute approximate surface area is 207 Å². The number of rotatable bonds is 9. The Morgan fingerprint density at radius 3 is 2.77 bits per heavy atom. The van der Waals surface area contributed by atoms with Gasteiger partial charge in [0, 0.05) is 12.6 Å². The largest absolute Gasteiger partial charge is 0.483 e. The van der Waals surface area contributed by atoms with Gasteiger partial charge in [0.2, 0.25) is 0 Å². The SMILES string of the molecule is Cc1c(C(=O)NCCCN(C)C)sc2ncnc(Nc3ccc(F)cc3OC3COCCOC3)c12. The van der Waals surface area contributed by atoms with Crippen LogP contribution in [0.5, 0.6) is 5.75 Å². The highest BCUT2D eigenvalue weighted by Gasteiger charge is 2.21. The molecule has 2 N–H and O–H groups in total. The zero-order chi connectivity index (χ0) is 24.8. The van der Waals surface area contributed by atoms with E-state index in [9.17, 15) is 9.18 Å². The molecule has 1 amide bonds. The fourth-order valence-corrected chi connectivity index (χ4v) is 4.79. The molecule has 4 rings (SSSR count). The van der Waals surface area contributed by atoms with Crippen LogP contribution in [0.4, 0.5) is 15.9 Å². The van der Waals surface area contributed by atoms with Crippen molar-refractivity contribution in [2.24, 2.45) is 0 Å². The van der Waals surface area contributed by atoms with E-state index in [1.54, 1.807) is 6.07 Å². The molecule has 3 heterocycles. The van der Waals surface area contributed by atoms with Crippen LogP contribution in [-0.2, 0) is 9.47 Å². The van der Waals surface area contributed by atoms with Crippen molar-refractivity contribution in [3.63, 3.8) is 0 Å². The molecule has 0 spiro atoms. The summed E-state index contributed by atoms with van der Waals surface area (Å²) >= 11 is 1.32. The van der Waals surface area contributed by atoms with E-state index in [2.05, 4.69) is 25.5 Å². The average Bonchev–Trinajstić information content (AvgIpc) is 2.99. The molecule has 1 aromatic carbocycles. The van der Waals surface area contributed by atoms with Gasteiger partial charge >= 0.3 is 0 Å². The molecular formula is C24H30FN5O4S. The molecule has 3 aromatic rings. The van der Waals surface area contributed by atoms with Crippen molar-refractivity contribution in [1.29, 1.82) is 0 Å². The van der Waals surface area contributed by atoms with Crippen molar-refractivity contribution < 1.29 is 23.4 Å². The first-order valence-electron chi connectivity index (χ1n) is 11.5. The lowest BCUT2D eigenvalue weighted by atomic mass is 10.2. The van der Waals surface area contributed by atoms with Gasteiger partial charge in [-0.15, -0.1) is 11.3 Å². The first-order valence-corrected chi connectivity index (χ1v) is 12.3.